The number of anilines is 1. The van der Waals surface area contributed by atoms with E-state index in [0.717, 1.165) is 16.5 Å². The summed E-state index contributed by atoms with van der Waals surface area (Å²) in [6.07, 6.45) is 1.35. The number of thioether (sulfide) groups is 1. The lowest BCUT2D eigenvalue weighted by Crippen LogP contribution is -2.10. The number of hydrogen-bond donors (Lipinski definition) is 1. The quantitative estimate of drug-likeness (QED) is 0.597. The third-order valence-electron chi connectivity index (χ3n) is 3.31. The minimum absolute atomic E-state index is 0.00188. The van der Waals surface area contributed by atoms with Crippen molar-refractivity contribution in [3.8, 4) is 0 Å². The van der Waals surface area contributed by atoms with Crippen LogP contribution in [0.25, 0.3) is 0 Å². The molecular weight excluding hydrogens is 326 g/mol. The van der Waals surface area contributed by atoms with Crippen LogP contribution in [0.5, 0.6) is 0 Å². The summed E-state index contributed by atoms with van der Waals surface area (Å²) in [5, 5.41) is 11.5. The topological polar surface area (TPSA) is 54.9 Å². The Labute approximate surface area is 146 Å². The molecule has 1 N–H and O–H groups in total. The van der Waals surface area contributed by atoms with E-state index < -0.39 is 0 Å². The summed E-state index contributed by atoms with van der Waals surface area (Å²) in [5.74, 6) is 0.847. The largest absolute Gasteiger partial charge is 0.301 e. The van der Waals surface area contributed by atoms with Crippen molar-refractivity contribution in [1.29, 1.82) is 0 Å². The number of nitrogens with zero attached hydrogens (tertiary/aromatic N) is 2. The van der Waals surface area contributed by atoms with Gasteiger partial charge in [-0.3, -0.25) is 4.79 Å². The first kappa shape index (κ1) is 17.9. The number of benzene rings is 1. The van der Waals surface area contributed by atoms with Gasteiger partial charge in [0.2, 0.25) is 11.0 Å². The fourth-order valence-electron chi connectivity index (χ4n) is 1.97. The molecule has 0 aliphatic carbocycles. The minimum Gasteiger partial charge on any atom is -0.301 e. The maximum atomic E-state index is 11.5. The van der Waals surface area contributed by atoms with Gasteiger partial charge in [0.1, 0.15) is 0 Å². The van der Waals surface area contributed by atoms with Crippen LogP contribution in [0.3, 0.4) is 0 Å². The van der Waals surface area contributed by atoms with Crippen LogP contribution in [0, 0.1) is 0 Å². The lowest BCUT2D eigenvalue weighted by atomic mass is 9.87. The van der Waals surface area contributed by atoms with Gasteiger partial charge >= 0.3 is 0 Å². The average Bonchev–Trinajstić information content (AvgIpc) is 2.92. The van der Waals surface area contributed by atoms with E-state index in [1.54, 1.807) is 11.8 Å². The maximum Gasteiger partial charge on any atom is 0.226 e. The van der Waals surface area contributed by atoms with Crippen LogP contribution in [0.4, 0.5) is 5.13 Å². The molecule has 0 bridgehead atoms. The van der Waals surface area contributed by atoms with Crippen molar-refractivity contribution in [1.82, 2.24) is 10.2 Å². The molecule has 0 saturated carbocycles. The van der Waals surface area contributed by atoms with Gasteiger partial charge in [0, 0.05) is 12.2 Å². The molecular formula is C17H23N3OS2. The van der Waals surface area contributed by atoms with Crippen molar-refractivity contribution in [3.05, 3.63) is 35.4 Å². The Morgan fingerprint density at radius 2 is 1.91 bits per heavy atom. The van der Waals surface area contributed by atoms with Crippen LogP contribution in [0.1, 0.15) is 51.7 Å². The Morgan fingerprint density at radius 3 is 2.52 bits per heavy atom. The van der Waals surface area contributed by atoms with Crippen LogP contribution in [-0.4, -0.2) is 16.1 Å². The zero-order valence-electron chi connectivity index (χ0n) is 14.0. The molecule has 124 valence electrons. The second-order valence-corrected chi connectivity index (χ2v) is 8.61. The number of hydrogen-bond acceptors (Lipinski definition) is 5. The summed E-state index contributed by atoms with van der Waals surface area (Å²) in [5.41, 5.74) is 2.77. The molecule has 1 aromatic heterocycles. The van der Waals surface area contributed by atoms with E-state index in [-0.39, 0.29) is 11.3 Å². The first-order valence-corrected chi connectivity index (χ1v) is 9.54. The van der Waals surface area contributed by atoms with E-state index in [9.17, 15) is 4.79 Å². The lowest BCUT2D eigenvalue weighted by molar-refractivity contribution is -0.116. The molecule has 2 aromatic rings. The molecule has 1 aromatic carbocycles. The highest BCUT2D eigenvalue weighted by Crippen LogP contribution is 2.29. The maximum absolute atomic E-state index is 11.5. The number of aromatic nitrogens is 2. The molecule has 0 spiro atoms. The third-order valence-corrected chi connectivity index (χ3v) is 5.36. The van der Waals surface area contributed by atoms with Gasteiger partial charge in [-0.1, -0.05) is 75.1 Å². The first-order chi connectivity index (χ1) is 10.9. The van der Waals surface area contributed by atoms with Crippen LogP contribution >= 0.6 is 23.1 Å². The third kappa shape index (κ3) is 5.62. The van der Waals surface area contributed by atoms with E-state index >= 15 is 0 Å². The Kier molecular flexibility index (Phi) is 6.18. The van der Waals surface area contributed by atoms with Crippen molar-refractivity contribution in [2.24, 2.45) is 0 Å². The van der Waals surface area contributed by atoms with Crippen LogP contribution in [-0.2, 0) is 16.0 Å². The Balaban J connectivity index is 1.89. The minimum atomic E-state index is -0.00188. The van der Waals surface area contributed by atoms with E-state index in [1.807, 2.05) is 6.92 Å². The fraction of sp³-hybridized carbons (Fsp3) is 0.471. The summed E-state index contributed by atoms with van der Waals surface area (Å²) in [4.78, 5) is 11.5. The second kappa shape index (κ2) is 7.93. The lowest BCUT2D eigenvalue weighted by Gasteiger charge is -2.19. The van der Waals surface area contributed by atoms with Gasteiger partial charge in [-0.15, -0.1) is 10.2 Å². The van der Waals surface area contributed by atoms with E-state index in [2.05, 4.69) is 60.6 Å². The smallest absolute Gasteiger partial charge is 0.226 e. The molecule has 0 atom stereocenters. The predicted molar refractivity (Wildman–Crippen MR) is 98.1 cm³/mol. The average molecular weight is 350 g/mol. The first-order valence-electron chi connectivity index (χ1n) is 7.74. The van der Waals surface area contributed by atoms with E-state index in [1.165, 1.54) is 22.5 Å². The van der Waals surface area contributed by atoms with Crippen molar-refractivity contribution < 1.29 is 4.79 Å². The molecule has 0 aliphatic heterocycles. The molecule has 6 heteroatoms. The highest BCUT2D eigenvalue weighted by Gasteiger charge is 2.13. The number of carbonyl (C=O) groups excluding carboxylic acids is 1. The molecule has 0 saturated heterocycles. The van der Waals surface area contributed by atoms with Gasteiger partial charge in [-0.25, -0.2) is 0 Å². The monoisotopic (exact) mass is 349 g/mol. The Bertz CT molecular complexity index is 645. The Morgan fingerprint density at radius 1 is 1.22 bits per heavy atom. The van der Waals surface area contributed by atoms with Crippen molar-refractivity contribution in [3.63, 3.8) is 0 Å². The van der Waals surface area contributed by atoms with Gasteiger partial charge in [0.15, 0.2) is 4.34 Å². The standard InChI is InChI=1S/C17H23N3OS2/c1-5-6-14(21)18-15-19-20-16(23-15)22-11-12-7-9-13(10-8-12)17(2,3)4/h7-10H,5-6,11H2,1-4H3,(H,18,19,21). The normalized spacial score (nSPS) is 11.5. The van der Waals surface area contributed by atoms with Gasteiger partial charge < -0.3 is 5.32 Å². The molecule has 4 nitrogen and oxygen atoms in total. The summed E-state index contributed by atoms with van der Waals surface area (Å²) in [6.45, 7) is 8.62. The van der Waals surface area contributed by atoms with Gasteiger partial charge in [-0.05, 0) is 23.0 Å². The van der Waals surface area contributed by atoms with Crippen LogP contribution < -0.4 is 5.32 Å². The van der Waals surface area contributed by atoms with E-state index in [4.69, 9.17) is 0 Å². The highest BCUT2D eigenvalue weighted by atomic mass is 32.2. The summed E-state index contributed by atoms with van der Waals surface area (Å²) in [6, 6.07) is 8.70. The van der Waals surface area contributed by atoms with Crippen LogP contribution in [0.15, 0.2) is 28.6 Å². The summed E-state index contributed by atoms with van der Waals surface area (Å²) < 4.78 is 0.872. The van der Waals surface area contributed by atoms with Crippen molar-refractivity contribution >= 4 is 34.1 Å². The molecule has 23 heavy (non-hydrogen) atoms. The molecule has 1 amide bonds. The fourth-order valence-corrected chi connectivity index (χ4v) is 3.70. The zero-order chi connectivity index (χ0) is 16.9. The van der Waals surface area contributed by atoms with Gasteiger partial charge in [-0.2, -0.15) is 0 Å². The van der Waals surface area contributed by atoms with Crippen LogP contribution in [0.2, 0.25) is 0 Å². The predicted octanol–water partition coefficient (Wildman–Crippen LogP) is 4.87. The molecule has 1 heterocycles. The van der Waals surface area contributed by atoms with Gasteiger partial charge in [0.25, 0.3) is 0 Å². The van der Waals surface area contributed by atoms with Crippen molar-refractivity contribution in [2.75, 3.05) is 5.32 Å². The second-order valence-electron chi connectivity index (χ2n) is 6.41. The number of carbonyl (C=O) groups is 1. The molecule has 2 rings (SSSR count). The van der Waals surface area contributed by atoms with Gasteiger partial charge in [0.05, 0.1) is 0 Å². The molecule has 0 aliphatic rings. The Hall–Kier alpha value is -1.40. The number of rotatable bonds is 6. The molecule has 0 unspecified atom stereocenters. The SMILES string of the molecule is CCCC(=O)Nc1nnc(SCc2ccc(C(C)(C)C)cc2)s1. The number of amides is 1. The van der Waals surface area contributed by atoms with Crippen molar-refractivity contribution in [2.45, 2.75) is 56.0 Å². The van der Waals surface area contributed by atoms with E-state index in [0.29, 0.717) is 11.6 Å². The number of nitrogens with one attached hydrogen (secondary N) is 1. The summed E-state index contributed by atoms with van der Waals surface area (Å²) >= 11 is 3.06. The summed E-state index contributed by atoms with van der Waals surface area (Å²) in [7, 11) is 0. The zero-order valence-corrected chi connectivity index (χ0v) is 15.7. The highest BCUT2D eigenvalue weighted by molar-refractivity contribution is 8.00. The molecule has 0 radical (unpaired) electrons. The molecule has 0 fully saturated rings.